The zero-order valence-corrected chi connectivity index (χ0v) is 10.3. The molecule has 1 aliphatic rings. The molecule has 0 aromatic carbocycles. The number of carboxylic acids is 1. The van der Waals surface area contributed by atoms with Crippen LogP contribution in [0.2, 0.25) is 0 Å². The fourth-order valence-electron chi connectivity index (χ4n) is 1.63. The van der Waals surface area contributed by atoms with Gasteiger partial charge >= 0.3 is 0 Å². The van der Waals surface area contributed by atoms with E-state index in [-0.39, 0.29) is 25.4 Å². The molecule has 1 saturated carbocycles. The molecule has 1 rings (SSSR count). The first-order valence-electron chi connectivity index (χ1n) is 4.15. The first kappa shape index (κ1) is 12.1. The third kappa shape index (κ3) is 3.20. The maximum absolute atomic E-state index is 10.4. The minimum absolute atomic E-state index is 0. The molecule has 0 heterocycles. The average Bonchev–Trinajstić information content (AvgIpc) is 2.05. The van der Waals surface area contributed by atoms with E-state index in [1.165, 1.54) is 0 Å². The van der Waals surface area contributed by atoms with Crippen LogP contribution in [-0.4, -0.2) is 12.5 Å². The maximum Gasteiger partial charge on any atom is 0.0445 e. The second-order valence-corrected chi connectivity index (χ2v) is 3.27. The molecule has 0 saturated heterocycles. The van der Waals surface area contributed by atoms with Crippen LogP contribution in [0.5, 0.6) is 0 Å². The van der Waals surface area contributed by atoms with Crippen LogP contribution in [-0.2, 0) is 24.3 Å². The molecule has 0 bridgehead atoms. The summed E-state index contributed by atoms with van der Waals surface area (Å²) in [4.78, 5) is 10.4. The molecule has 0 amide bonds. The Balaban J connectivity index is 0.00000121. The molecule has 3 nitrogen and oxygen atoms in total. The Morgan fingerprint density at radius 2 is 1.83 bits per heavy atom. The van der Waals surface area contributed by atoms with Crippen molar-refractivity contribution >= 4 is 5.97 Å². The number of nitrogens with two attached hydrogens (primary N) is 1. The van der Waals surface area contributed by atoms with Crippen molar-refractivity contribution in [3.63, 3.8) is 0 Å². The summed E-state index contributed by atoms with van der Waals surface area (Å²) in [6, 6.07) is 0. The van der Waals surface area contributed by atoms with E-state index in [4.69, 9.17) is 5.73 Å². The van der Waals surface area contributed by atoms with Crippen molar-refractivity contribution in [1.82, 2.24) is 0 Å². The number of hydrogen-bond donors (Lipinski definition) is 1. The van der Waals surface area contributed by atoms with E-state index < -0.39 is 5.97 Å². The monoisotopic (exact) mass is 220 g/mol. The predicted molar refractivity (Wildman–Crippen MR) is 39.5 cm³/mol. The number of aliphatic carboxylic acids is 1. The molecule has 0 atom stereocenters. The fourth-order valence-corrected chi connectivity index (χ4v) is 1.63. The molecule has 0 spiro atoms. The van der Waals surface area contributed by atoms with Crippen molar-refractivity contribution in [3.05, 3.63) is 0 Å². The Hall–Kier alpha value is 0.0534. The summed E-state index contributed by atoms with van der Waals surface area (Å²) in [6.07, 6.45) is 3.42. The van der Waals surface area contributed by atoms with Gasteiger partial charge in [0.15, 0.2) is 0 Å². The minimum Gasteiger partial charge on any atom is -0.550 e. The quantitative estimate of drug-likeness (QED) is 0.640. The molecule has 0 aromatic heterocycles. The largest absolute Gasteiger partial charge is 0.550 e. The van der Waals surface area contributed by atoms with Crippen LogP contribution in [0.4, 0.5) is 0 Å². The van der Waals surface area contributed by atoms with Crippen LogP contribution >= 0.6 is 0 Å². The van der Waals surface area contributed by atoms with Gasteiger partial charge in [-0.05, 0) is 44.1 Å². The molecule has 0 radical (unpaired) electrons. The van der Waals surface area contributed by atoms with Gasteiger partial charge in [-0.3, -0.25) is 0 Å². The first-order valence-corrected chi connectivity index (χ1v) is 4.15. The van der Waals surface area contributed by atoms with E-state index in [2.05, 4.69) is 0 Å². The Kier molecular flexibility index (Phi) is 5.68. The Morgan fingerprint density at radius 3 is 2.17 bits per heavy atom. The van der Waals surface area contributed by atoms with Crippen molar-refractivity contribution < 1.29 is 29.4 Å². The van der Waals surface area contributed by atoms with E-state index >= 15 is 0 Å². The smallest absolute Gasteiger partial charge is 0.0445 e. The zero-order valence-electron chi connectivity index (χ0n) is 7.29. The van der Waals surface area contributed by atoms with E-state index in [0.29, 0.717) is 12.5 Å². The number of rotatable bonds is 2. The second kappa shape index (κ2) is 5.66. The van der Waals surface area contributed by atoms with Gasteiger partial charge in [-0.1, -0.05) is 0 Å². The molecule has 66 valence electrons. The first-order chi connectivity index (χ1) is 5.24. The van der Waals surface area contributed by atoms with E-state index in [1.54, 1.807) is 0 Å². The van der Waals surface area contributed by atoms with Crippen LogP contribution in [0.25, 0.3) is 0 Å². The van der Waals surface area contributed by atoms with Crippen molar-refractivity contribution in [1.29, 1.82) is 0 Å². The number of carboxylic acid groups (broad SMARTS) is 1. The third-order valence-electron chi connectivity index (χ3n) is 2.51. The molecular weight excluding hydrogens is 207 g/mol. The third-order valence-corrected chi connectivity index (χ3v) is 2.51. The van der Waals surface area contributed by atoms with Crippen LogP contribution in [0, 0.1) is 11.8 Å². The normalized spacial score (nSPS) is 29.1. The van der Waals surface area contributed by atoms with Gasteiger partial charge in [0, 0.05) is 25.4 Å². The summed E-state index contributed by atoms with van der Waals surface area (Å²) in [6.45, 7) is 0.694. The van der Waals surface area contributed by atoms with Gasteiger partial charge in [-0.2, -0.15) is 0 Å². The molecule has 4 heteroatoms. The molecule has 12 heavy (non-hydrogen) atoms. The fraction of sp³-hybridized carbons (Fsp3) is 0.875. The van der Waals surface area contributed by atoms with E-state index in [0.717, 1.165) is 25.7 Å². The van der Waals surface area contributed by atoms with Crippen molar-refractivity contribution in [2.45, 2.75) is 25.7 Å². The van der Waals surface area contributed by atoms with E-state index in [9.17, 15) is 9.90 Å². The second-order valence-electron chi connectivity index (χ2n) is 3.27. The molecule has 0 unspecified atom stereocenters. The summed E-state index contributed by atoms with van der Waals surface area (Å²) in [5, 5.41) is 10.4. The number of carbonyl (C=O) groups is 1. The zero-order chi connectivity index (χ0) is 8.27. The summed E-state index contributed by atoms with van der Waals surface area (Å²) < 4.78 is 0. The van der Waals surface area contributed by atoms with Gasteiger partial charge in [-0.15, -0.1) is 0 Å². The van der Waals surface area contributed by atoms with Crippen LogP contribution in [0.3, 0.4) is 0 Å². The Morgan fingerprint density at radius 1 is 1.33 bits per heavy atom. The summed E-state index contributed by atoms with van der Waals surface area (Å²) in [5.41, 5.74) is 5.46. The summed E-state index contributed by atoms with van der Waals surface area (Å²) in [7, 11) is 0. The summed E-state index contributed by atoms with van der Waals surface area (Å²) >= 11 is 0. The van der Waals surface area contributed by atoms with Gasteiger partial charge in [0.1, 0.15) is 0 Å². The van der Waals surface area contributed by atoms with Gasteiger partial charge in [0.2, 0.25) is 0 Å². The predicted octanol–water partition coefficient (Wildman–Crippen LogP) is -0.501. The Bertz CT molecular complexity index is 144. The van der Waals surface area contributed by atoms with Gasteiger partial charge in [0.05, 0.1) is 0 Å². The average molecular weight is 222 g/mol. The van der Waals surface area contributed by atoms with Crippen LogP contribution in [0.15, 0.2) is 0 Å². The number of hydrogen-bond acceptors (Lipinski definition) is 3. The van der Waals surface area contributed by atoms with Crippen LogP contribution < -0.4 is 10.8 Å². The molecular formula is C8H14NO2Zn-. The topological polar surface area (TPSA) is 66.2 Å². The van der Waals surface area contributed by atoms with Crippen LogP contribution in [0.1, 0.15) is 25.7 Å². The van der Waals surface area contributed by atoms with E-state index in [1.807, 2.05) is 0 Å². The Labute approximate surface area is 85.5 Å². The van der Waals surface area contributed by atoms with Crippen molar-refractivity contribution in [2.24, 2.45) is 17.6 Å². The molecule has 0 aromatic rings. The number of carbonyl (C=O) groups excluding carboxylic acids is 1. The standard InChI is InChI=1S/C8H15NO2.Zn/c9-5-6-1-3-7(4-2-6)8(10)11;/h6-7H,1-5,9H2,(H,10,11);/p-1. The van der Waals surface area contributed by atoms with Gasteiger partial charge < -0.3 is 15.6 Å². The SMILES string of the molecule is NCC1CCC(C(=O)[O-])CC1.[Zn]. The maximum atomic E-state index is 10.4. The van der Waals surface area contributed by atoms with Gasteiger partial charge in [0.25, 0.3) is 0 Å². The van der Waals surface area contributed by atoms with Gasteiger partial charge in [-0.25, -0.2) is 0 Å². The molecule has 1 fully saturated rings. The molecule has 1 aliphatic carbocycles. The van der Waals surface area contributed by atoms with Crippen molar-refractivity contribution in [3.8, 4) is 0 Å². The minimum atomic E-state index is -0.888. The summed E-state index contributed by atoms with van der Waals surface area (Å²) in [5.74, 6) is -0.552. The van der Waals surface area contributed by atoms with Crippen molar-refractivity contribution in [2.75, 3.05) is 6.54 Å². The molecule has 0 aliphatic heterocycles. The molecule has 2 N–H and O–H groups in total.